The molecule has 1 aromatic rings. The maximum atomic E-state index is 12.5. The molecule has 3 unspecified atom stereocenters. The third-order valence-corrected chi connectivity index (χ3v) is 4.66. The Hall–Kier alpha value is -1.76. The quantitative estimate of drug-likeness (QED) is 0.864. The molecule has 3 atom stereocenters. The Morgan fingerprint density at radius 1 is 1.38 bits per heavy atom. The Balaban J connectivity index is 1.63. The summed E-state index contributed by atoms with van der Waals surface area (Å²) in [5, 5.41) is 9.93. The van der Waals surface area contributed by atoms with Crippen LogP contribution >= 0.6 is 0 Å². The van der Waals surface area contributed by atoms with E-state index in [2.05, 4.69) is 4.74 Å². The molecule has 1 aromatic carbocycles. The van der Waals surface area contributed by atoms with Gasteiger partial charge in [-0.25, -0.2) is 0 Å². The van der Waals surface area contributed by atoms with E-state index in [9.17, 15) is 23.1 Å². The fraction of sp³-hybridized carbons (Fsp3) is 0.588. The fourth-order valence-electron chi connectivity index (χ4n) is 3.10. The molecule has 0 bridgehead atoms. The zero-order valence-corrected chi connectivity index (χ0v) is 13.3. The average molecular weight is 343 g/mol. The lowest BCUT2D eigenvalue weighted by Gasteiger charge is -2.21. The van der Waals surface area contributed by atoms with Crippen LogP contribution in [0, 0.1) is 11.8 Å². The van der Waals surface area contributed by atoms with Crippen LogP contribution in [0.5, 0.6) is 5.75 Å². The Kier molecular flexibility index (Phi) is 4.46. The SMILES string of the molecule is CN(CC(O)C1CC1)C(=O)C1CC1c1ccccc1OC(F)(F)F. The Bertz CT molecular complexity index is 615. The van der Waals surface area contributed by atoms with Gasteiger partial charge in [0.2, 0.25) is 5.91 Å². The molecule has 0 saturated heterocycles. The Labute approximate surface area is 138 Å². The van der Waals surface area contributed by atoms with Crippen molar-refractivity contribution in [2.24, 2.45) is 11.8 Å². The van der Waals surface area contributed by atoms with Crippen molar-refractivity contribution in [3.63, 3.8) is 0 Å². The van der Waals surface area contributed by atoms with Crippen molar-refractivity contribution in [1.82, 2.24) is 4.90 Å². The third kappa shape index (κ3) is 4.01. The number of rotatable bonds is 6. The van der Waals surface area contributed by atoms with Crippen molar-refractivity contribution in [1.29, 1.82) is 0 Å². The van der Waals surface area contributed by atoms with Crippen LogP contribution in [-0.4, -0.2) is 42.0 Å². The topological polar surface area (TPSA) is 49.8 Å². The molecule has 0 heterocycles. The molecular weight excluding hydrogens is 323 g/mol. The smallest absolute Gasteiger partial charge is 0.405 e. The van der Waals surface area contributed by atoms with E-state index in [0.29, 0.717) is 12.0 Å². The van der Waals surface area contributed by atoms with Gasteiger partial charge in [-0.2, -0.15) is 0 Å². The molecule has 2 saturated carbocycles. The summed E-state index contributed by atoms with van der Waals surface area (Å²) in [6.45, 7) is 0.271. The van der Waals surface area contributed by atoms with Crippen molar-refractivity contribution in [2.45, 2.75) is 37.6 Å². The maximum Gasteiger partial charge on any atom is 0.573 e. The van der Waals surface area contributed by atoms with E-state index >= 15 is 0 Å². The number of alkyl halides is 3. The van der Waals surface area contributed by atoms with Crippen LogP contribution in [0.25, 0.3) is 0 Å². The van der Waals surface area contributed by atoms with Crippen molar-refractivity contribution in [3.8, 4) is 5.75 Å². The van der Waals surface area contributed by atoms with Gasteiger partial charge in [0.25, 0.3) is 0 Å². The van der Waals surface area contributed by atoms with Gasteiger partial charge in [0.15, 0.2) is 0 Å². The average Bonchev–Trinajstić information content (AvgIpc) is 3.36. The highest BCUT2D eigenvalue weighted by molar-refractivity contribution is 5.83. The van der Waals surface area contributed by atoms with E-state index in [4.69, 9.17) is 0 Å². The van der Waals surface area contributed by atoms with E-state index in [1.165, 1.54) is 17.0 Å². The van der Waals surface area contributed by atoms with Gasteiger partial charge in [-0.1, -0.05) is 18.2 Å². The molecule has 132 valence electrons. The number of para-hydroxylation sites is 1. The second-order valence-electron chi connectivity index (χ2n) is 6.66. The molecule has 4 nitrogen and oxygen atoms in total. The summed E-state index contributed by atoms with van der Waals surface area (Å²) in [6.07, 6.45) is -2.80. The number of hydrogen-bond acceptors (Lipinski definition) is 3. The Morgan fingerprint density at radius 3 is 2.67 bits per heavy atom. The summed E-state index contributed by atoms with van der Waals surface area (Å²) in [5.41, 5.74) is 0.407. The highest BCUT2D eigenvalue weighted by atomic mass is 19.4. The molecule has 2 fully saturated rings. The van der Waals surface area contributed by atoms with Gasteiger partial charge < -0.3 is 14.7 Å². The van der Waals surface area contributed by atoms with Crippen molar-refractivity contribution >= 4 is 5.91 Å². The zero-order chi connectivity index (χ0) is 17.5. The summed E-state index contributed by atoms with van der Waals surface area (Å²) in [6, 6.07) is 5.95. The molecule has 2 aliphatic carbocycles. The van der Waals surface area contributed by atoms with Crippen molar-refractivity contribution in [3.05, 3.63) is 29.8 Å². The second kappa shape index (κ2) is 6.27. The minimum Gasteiger partial charge on any atom is -0.405 e. The highest BCUT2D eigenvalue weighted by Crippen LogP contribution is 2.51. The standard InChI is InChI=1S/C17H20F3NO3/c1-21(9-14(22)10-6-7-10)16(23)13-8-12(13)11-4-2-3-5-15(11)24-17(18,19)20/h2-5,10,12-14,22H,6-9H2,1H3. The van der Waals surface area contributed by atoms with Gasteiger partial charge in [-0.15, -0.1) is 13.2 Å². The lowest BCUT2D eigenvalue weighted by atomic mass is 10.1. The van der Waals surface area contributed by atoms with Gasteiger partial charge in [0.05, 0.1) is 6.10 Å². The van der Waals surface area contributed by atoms with Crippen LogP contribution < -0.4 is 4.74 Å². The Morgan fingerprint density at radius 2 is 2.04 bits per heavy atom. The first kappa shape index (κ1) is 17.1. The van der Waals surface area contributed by atoms with E-state index in [1.54, 1.807) is 19.2 Å². The lowest BCUT2D eigenvalue weighted by molar-refractivity contribution is -0.274. The van der Waals surface area contributed by atoms with E-state index in [1.807, 2.05) is 0 Å². The number of ether oxygens (including phenoxy) is 1. The van der Waals surface area contributed by atoms with Crippen LogP contribution in [0.2, 0.25) is 0 Å². The molecular formula is C17H20F3NO3. The number of aliphatic hydroxyl groups excluding tert-OH is 1. The maximum absolute atomic E-state index is 12.5. The number of likely N-dealkylation sites (N-methyl/N-ethyl adjacent to an activating group) is 1. The number of nitrogens with zero attached hydrogens (tertiary/aromatic N) is 1. The number of halogens is 3. The normalized spacial score (nSPS) is 24.4. The number of hydrogen-bond donors (Lipinski definition) is 1. The van der Waals surface area contributed by atoms with Gasteiger partial charge >= 0.3 is 6.36 Å². The van der Waals surface area contributed by atoms with Gasteiger partial charge in [0.1, 0.15) is 5.75 Å². The monoisotopic (exact) mass is 343 g/mol. The molecule has 0 radical (unpaired) electrons. The van der Waals surface area contributed by atoms with E-state index in [-0.39, 0.29) is 36.0 Å². The molecule has 0 aliphatic heterocycles. The van der Waals surface area contributed by atoms with Crippen LogP contribution in [0.3, 0.4) is 0 Å². The molecule has 24 heavy (non-hydrogen) atoms. The molecule has 0 spiro atoms. The van der Waals surface area contributed by atoms with Gasteiger partial charge in [-0.05, 0) is 42.7 Å². The summed E-state index contributed by atoms with van der Waals surface area (Å²) < 4.78 is 41.5. The van der Waals surface area contributed by atoms with Crippen LogP contribution in [0.15, 0.2) is 24.3 Å². The summed E-state index contributed by atoms with van der Waals surface area (Å²) in [5.74, 6) is -0.723. The largest absolute Gasteiger partial charge is 0.573 e. The number of aliphatic hydroxyl groups is 1. The van der Waals surface area contributed by atoms with E-state index < -0.39 is 12.5 Å². The molecule has 7 heteroatoms. The summed E-state index contributed by atoms with van der Waals surface area (Å²) in [7, 11) is 1.63. The molecule has 2 aliphatic rings. The van der Waals surface area contributed by atoms with Gasteiger partial charge in [-0.3, -0.25) is 4.79 Å². The first-order chi connectivity index (χ1) is 11.3. The third-order valence-electron chi connectivity index (χ3n) is 4.66. The zero-order valence-electron chi connectivity index (χ0n) is 13.3. The van der Waals surface area contributed by atoms with Crippen LogP contribution in [0.1, 0.15) is 30.7 Å². The number of amides is 1. The number of carbonyl (C=O) groups excluding carboxylic acids is 1. The number of benzene rings is 1. The minimum absolute atomic E-state index is 0.137. The molecule has 1 N–H and O–H groups in total. The minimum atomic E-state index is -4.75. The highest BCUT2D eigenvalue weighted by Gasteiger charge is 2.47. The van der Waals surface area contributed by atoms with Crippen LogP contribution in [0.4, 0.5) is 13.2 Å². The first-order valence-electron chi connectivity index (χ1n) is 8.04. The lowest BCUT2D eigenvalue weighted by Crippen LogP contribution is -2.36. The predicted molar refractivity (Wildman–Crippen MR) is 80.3 cm³/mol. The number of carbonyl (C=O) groups is 1. The summed E-state index contributed by atoms with van der Waals surface area (Å²) >= 11 is 0. The predicted octanol–water partition coefficient (Wildman–Crippen LogP) is 2.92. The van der Waals surface area contributed by atoms with E-state index in [0.717, 1.165) is 12.8 Å². The van der Waals surface area contributed by atoms with Crippen molar-refractivity contribution < 1.29 is 27.8 Å². The molecule has 0 aromatic heterocycles. The molecule has 3 rings (SSSR count). The fourth-order valence-corrected chi connectivity index (χ4v) is 3.10. The first-order valence-corrected chi connectivity index (χ1v) is 8.04. The van der Waals surface area contributed by atoms with Crippen molar-refractivity contribution in [2.75, 3.05) is 13.6 Å². The molecule has 1 amide bonds. The summed E-state index contributed by atoms with van der Waals surface area (Å²) in [4.78, 5) is 13.9. The van der Waals surface area contributed by atoms with Crippen LogP contribution in [-0.2, 0) is 4.79 Å². The second-order valence-corrected chi connectivity index (χ2v) is 6.66. The van der Waals surface area contributed by atoms with Gasteiger partial charge in [0, 0.05) is 19.5 Å².